The van der Waals surface area contributed by atoms with Gasteiger partial charge in [-0.2, -0.15) is 5.10 Å². The number of nitrogens with one attached hydrogen (secondary N) is 1. The van der Waals surface area contributed by atoms with E-state index in [9.17, 15) is 14.4 Å². The molecule has 2 aliphatic heterocycles. The molecule has 9 heteroatoms. The first-order valence-corrected chi connectivity index (χ1v) is 8.96. The van der Waals surface area contributed by atoms with Gasteiger partial charge in [0.2, 0.25) is 5.91 Å². The van der Waals surface area contributed by atoms with Gasteiger partial charge >= 0.3 is 5.69 Å². The predicted molar refractivity (Wildman–Crippen MR) is 93.7 cm³/mol. The average Bonchev–Trinajstić information content (AvgIpc) is 3.28. The van der Waals surface area contributed by atoms with Gasteiger partial charge in [0.15, 0.2) is 5.65 Å². The van der Waals surface area contributed by atoms with Crippen molar-refractivity contribution in [2.45, 2.75) is 37.8 Å². The summed E-state index contributed by atoms with van der Waals surface area (Å²) < 4.78 is 1.33. The number of aromatic amines is 1. The van der Waals surface area contributed by atoms with Gasteiger partial charge in [0.1, 0.15) is 0 Å². The van der Waals surface area contributed by atoms with E-state index < -0.39 is 0 Å². The summed E-state index contributed by atoms with van der Waals surface area (Å²) in [4.78, 5) is 40.1. The standard InChI is InChI=1S/C17H22N6O3/c18-15(24)13-2-1-7-22(13)12-5-8-21(9-6-12)16(25)11-3-4-14-19-20-17(26)23(14)10-11/h3-4,10,12-13H,1-2,5-9H2,(H2,18,24)(H,20,26). The van der Waals surface area contributed by atoms with Gasteiger partial charge in [-0.15, -0.1) is 0 Å². The number of nitrogens with zero attached hydrogens (tertiary/aromatic N) is 4. The molecule has 0 spiro atoms. The highest BCUT2D eigenvalue weighted by Gasteiger charge is 2.36. The summed E-state index contributed by atoms with van der Waals surface area (Å²) in [6.07, 6.45) is 4.99. The number of primary amides is 1. The number of piperidine rings is 1. The summed E-state index contributed by atoms with van der Waals surface area (Å²) in [7, 11) is 0. The molecule has 138 valence electrons. The minimum atomic E-state index is -0.361. The topological polar surface area (TPSA) is 117 Å². The van der Waals surface area contributed by atoms with E-state index >= 15 is 0 Å². The monoisotopic (exact) mass is 358 g/mol. The molecule has 2 saturated heterocycles. The Morgan fingerprint density at radius 3 is 2.65 bits per heavy atom. The zero-order valence-electron chi connectivity index (χ0n) is 14.4. The Morgan fingerprint density at radius 2 is 1.92 bits per heavy atom. The minimum Gasteiger partial charge on any atom is -0.368 e. The van der Waals surface area contributed by atoms with Gasteiger partial charge < -0.3 is 10.6 Å². The maximum atomic E-state index is 12.8. The SMILES string of the molecule is NC(=O)C1CCCN1C1CCN(C(=O)c2ccc3n[nH]c(=O)n3c2)CC1. The molecule has 0 bridgehead atoms. The summed E-state index contributed by atoms with van der Waals surface area (Å²) in [6.45, 7) is 2.15. The molecule has 4 rings (SSSR count). The van der Waals surface area contributed by atoms with Crippen LogP contribution in [0.5, 0.6) is 0 Å². The molecule has 4 heterocycles. The number of H-pyrrole nitrogens is 1. The third-order valence-electron chi connectivity index (χ3n) is 5.50. The van der Waals surface area contributed by atoms with E-state index in [-0.39, 0.29) is 29.6 Å². The molecule has 0 saturated carbocycles. The summed E-state index contributed by atoms with van der Waals surface area (Å²) in [5.74, 6) is -0.341. The normalized spacial score (nSPS) is 22.2. The van der Waals surface area contributed by atoms with E-state index in [4.69, 9.17) is 5.73 Å². The number of carbonyl (C=O) groups is 2. The van der Waals surface area contributed by atoms with E-state index in [1.807, 2.05) is 0 Å². The number of rotatable bonds is 3. The number of carbonyl (C=O) groups excluding carboxylic acids is 2. The molecule has 0 aromatic carbocycles. The van der Waals surface area contributed by atoms with Gasteiger partial charge in [-0.05, 0) is 44.4 Å². The first kappa shape index (κ1) is 16.8. The number of hydrogen-bond acceptors (Lipinski definition) is 5. The maximum Gasteiger partial charge on any atom is 0.347 e. The quantitative estimate of drug-likeness (QED) is 0.773. The molecular weight excluding hydrogens is 336 g/mol. The lowest BCUT2D eigenvalue weighted by Gasteiger charge is -2.38. The van der Waals surface area contributed by atoms with Crippen LogP contribution in [0.4, 0.5) is 0 Å². The molecular formula is C17H22N6O3. The highest BCUT2D eigenvalue weighted by molar-refractivity contribution is 5.94. The fourth-order valence-corrected chi connectivity index (χ4v) is 4.15. The van der Waals surface area contributed by atoms with Crippen LogP contribution in [0, 0.1) is 0 Å². The Hall–Kier alpha value is -2.68. The van der Waals surface area contributed by atoms with E-state index in [0.717, 1.165) is 32.2 Å². The molecule has 2 aliphatic rings. The minimum absolute atomic E-state index is 0.0914. The van der Waals surface area contributed by atoms with Crippen molar-refractivity contribution >= 4 is 17.5 Å². The van der Waals surface area contributed by atoms with Crippen molar-refractivity contribution in [2.24, 2.45) is 5.73 Å². The Morgan fingerprint density at radius 1 is 1.15 bits per heavy atom. The van der Waals surface area contributed by atoms with E-state index in [1.54, 1.807) is 17.0 Å². The Kier molecular flexibility index (Phi) is 4.23. The van der Waals surface area contributed by atoms with Crippen molar-refractivity contribution in [3.8, 4) is 0 Å². The lowest BCUT2D eigenvalue weighted by Crippen LogP contribution is -2.51. The number of fused-ring (bicyclic) bond motifs is 1. The van der Waals surface area contributed by atoms with E-state index in [0.29, 0.717) is 24.3 Å². The number of nitrogens with two attached hydrogens (primary N) is 1. The number of hydrogen-bond donors (Lipinski definition) is 2. The molecule has 1 unspecified atom stereocenters. The summed E-state index contributed by atoms with van der Waals surface area (Å²) >= 11 is 0. The largest absolute Gasteiger partial charge is 0.368 e. The number of aromatic nitrogens is 3. The molecule has 2 fully saturated rings. The predicted octanol–water partition coefficient (Wildman–Crippen LogP) is -0.423. The molecule has 0 aliphatic carbocycles. The van der Waals surface area contributed by atoms with Crippen LogP contribution in [-0.4, -0.2) is 67.9 Å². The molecule has 0 radical (unpaired) electrons. The summed E-state index contributed by atoms with van der Waals surface area (Å²) in [6, 6.07) is 3.46. The smallest absolute Gasteiger partial charge is 0.347 e. The number of pyridine rings is 1. The van der Waals surface area contributed by atoms with E-state index in [1.165, 1.54) is 10.6 Å². The van der Waals surface area contributed by atoms with Crippen LogP contribution >= 0.6 is 0 Å². The molecule has 2 amide bonds. The zero-order valence-corrected chi connectivity index (χ0v) is 14.4. The van der Waals surface area contributed by atoms with Crippen molar-refractivity contribution < 1.29 is 9.59 Å². The molecule has 26 heavy (non-hydrogen) atoms. The van der Waals surface area contributed by atoms with Crippen LogP contribution in [0.1, 0.15) is 36.0 Å². The van der Waals surface area contributed by atoms with Gasteiger partial charge in [-0.25, -0.2) is 14.3 Å². The van der Waals surface area contributed by atoms with Crippen LogP contribution in [0.25, 0.3) is 5.65 Å². The van der Waals surface area contributed by atoms with Gasteiger partial charge in [-0.1, -0.05) is 0 Å². The highest BCUT2D eigenvalue weighted by atomic mass is 16.2. The van der Waals surface area contributed by atoms with Gasteiger partial charge in [-0.3, -0.25) is 14.5 Å². The molecule has 1 atom stereocenters. The lowest BCUT2D eigenvalue weighted by molar-refractivity contribution is -0.123. The van der Waals surface area contributed by atoms with Crippen LogP contribution in [-0.2, 0) is 4.79 Å². The highest BCUT2D eigenvalue weighted by Crippen LogP contribution is 2.26. The molecule has 2 aromatic heterocycles. The second-order valence-corrected chi connectivity index (χ2v) is 7.00. The van der Waals surface area contributed by atoms with Crippen molar-refractivity contribution in [2.75, 3.05) is 19.6 Å². The lowest BCUT2D eigenvalue weighted by atomic mass is 10.0. The average molecular weight is 358 g/mol. The summed E-state index contributed by atoms with van der Waals surface area (Å²) in [5.41, 5.74) is 6.10. The number of amides is 2. The van der Waals surface area contributed by atoms with E-state index in [2.05, 4.69) is 15.1 Å². The fourth-order valence-electron chi connectivity index (χ4n) is 4.15. The maximum absolute atomic E-state index is 12.8. The van der Waals surface area contributed by atoms with Crippen LogP contribution in [0.3, 0.4) is 0 Å². The van der Waals surface area contributed by atoms with Crippen molar-refractivity contribution in [1.82, 2.24) is 24.4 Å². The van der Waals surface area contributed by atoms with Crippen LogP contribution in [0.15, 0.2) is 23.1 Å². The zero-order chi connectivity index (χ0) is 18.3. The molecule has 3 N–H and O–H groups in total. The fraction of sp³-hybridized carbons (Fsp3) is 0.529. The van der Waals surface area contributed by atoms with Crippen molar-refractivity contribution in [1.29, 1.82) is 0 Å². The van der Waals surface area contributed by atoms with Gasteiger partial charge in [0.25, 0.3) is 5.91 Å². The van der Waals surface area contributed by atoms with Gasteiger partial charge in [0, 0.05) is 25.3 Å². The van der Waals surface area contributed by atoms with Gasteiger partial charge in [0.05, 0.1) is 11.6 Å². The third-order valence-corrected chi connectivity index (χ3v) is 5.50. The van der Waals surface area contributed by atoms with Crippen molar-refractivity contribution in [3.05, 3.63) is 34.4 Å². The second-order valence-electron chi connectivity index (χ2n) is 7.00. The third kappa shape index (κ3) is 2.88. The first-order chi connectivity index (χ1) is 12.5. The molecule has 9 nitrogen and oxygen atoms in total. The number of likely N-dealkylation sites (tertiary alicyclic amines) is 2. The molecule has 2 aromatic rings. The Balaban J connectivity index is 1.43. The Labute approximate surface area is 149 Å². The van der Waals surface area contributed by atoms with Crippen molar-refractivity contribution in [3.63, 3.8) is 0 Å². The second kappa shape index (κ2) is 6.56. The van der Waals surface area contributed by atoms with Crippen LogP contribution in [0.2, 0.25) is 0 Å². The Bertz CT molecular complexity index is 895. The van der Waals surface area contributed by atoms with Crippen LogP contribution < -0.4 is 11.4 Å². The summed E-state index contributed by atoms with van der Waals surface area (Å²) in [5, 5.41) is 6.23. The first-order valence-electron chi connectivity index (χ1n) is 8.96.